The SMILES string of the molecule is CCOc1nnc(-c2cc(NC(=O)c3ccnc(C(C)(C)C#N)c3)ccc2C)cc1N1CCOCC1C. The standard InChI is InChI=1S/C28H32N6O3/c1-6-37-27-24(34-11-12-36-16-19(34)3)15-23(32-33-27)22-14-21(8-7-18(22)2)31-26(35)20-9-10-30-25(13-20)28(4,5)17-29/h7-10,13-15,19H,6,11-12,16H2,1-5H3,(H,31,35). The second-order valence-electron chi connectivity index (χ2n) is 9.62. The topological polar surface area (TPSA) is 113 Å². The van der Waals surface area contributed by atoms with Crippen LogP contribution in [0.5, 0.6) is 5.88 Å². The average Bonchev–Trinajstić information content (AvgIpc) is 2.90. The van der Waals surface area contributed by atoms with Crippen molar-refractivity contribution >= 4 is 17.3 Å². The van der Waals surface area contributed by atoms with Gasteiger partial charge in [0.05, 0.1) is 42.7 Å². The van der Waals surface area contributed by atoms with Gasteiger partial charge in [-0.2, -0.15) is 5.26 Å². The normalized spacial score (nSPS) is 15.7. The number of nitriles is 1. The maximum absolute atomic E-state index is 13.0. The number of carbonyl (C=O) groups excluding carboxylic acids is 1. The fraction of sp³-hybridized carbons (Fsp3) is 0.393. The lowest BCUT2D eigenvalue weighted by Crippen LogP contribution is -2.44. The van der Waals surface area contributed by atoms with E-state index in [1.165, 1.54) is 0 Å². The summed E-state index contributed by atoms with van der Waals surface area (Å²) in [7, 11) is 0. The number of morpholine rings is 1. The molecule has 4 rings (SSSR count). The number of benzene rings is 1. The largest absolute Gasteiger partial charge is 0.475 e. The summed E-state index contributed by atoms with van der Waals surface area (Å²) in [4.78, 5) is 19.5. The molecule has 0 saturated carbocycles. The van der Waals surface area contributed by atoms with Gasteiger partial charge in [-0.05, 0) is 70.5 Å². The molecule has 1 aliphatic rings. The Morgan fingerprint density at radius 2 is 2.08 bits per heavy atom. The van der Waals surface area contributed by atoms with E-state index in [9.17, 15) is 10.1 Å². The number of pyridine rings is 1. The summed E-state index contributed by atoms with van der Waals surface area (Å²) in [5.41, 5.74) is 4.22. The summed E-state index contributed by atoms with van der Waals surface area (Å²) < 4.78 is 11.4. The van der Waals surface area contributed by atoms with Crippen LogP contribution in [0.25, 0.3) is 11.3 Å². The first-order chi connectivity index (χ1) is 17.7. The second kappa shape index (κ2) is 10.9. The molecule has 0 aliphatic carbocycles. The number of carbonyl (C=O) groups is 1. The van der Waals surface area contributed by atoms with Crippen LogP contribution in [0.2, 0.25) is 0 Å². The molecule has 9 nitrogen and oxygen atoms in total. The van der Waals surface area contributed by atoms with Gasteiger partial charge in [-0.3, -0.25) is 9.78 Å². The molecule has 1 N–H and O–H groups in total. The Morgan fingerprint density at radius 1 is 1.27 bits per heavy atom. The van der Waals surface area contributed by atoms with Crippen LogP contribution in [-0.4, -0.2) is 53.5 Å². The molecule has 9 heteroatoms. The zero-order valence-electron chi connectivity index (χ0n) is 21.9. The summed E-state index contributed by atoms with van der Waals surface area (Å²) >= 11 is 0. The number of hydrogen-bond acceptors (Lipinski definition) is 8. The van der Waals surface area contributed by atoms with Crippen molar-refractivity contribution in [1.82, 2.24) is 15.2 Å². The molecule has 1 saturated heterocycles. The molecule has 1 aromatic carbocycles. The number of amides is 1. The van der Waals surface area contributed by atoms with Gasteiger partial charge in [0.15, 0.2) is 0 Å². The van der Waals surface area contributed by atoms with Gasteiger partial charge in [0.2, 0.25) is 0 Å². The van der Waals surface area contributed by atoms with Crippen molar-refractivity contribution in [1.29, 1.82) is 5.26 Å². The first-order valence-electron chi connectivity index (χ1n) is 12.4. The summed E-state index contributed by atoms with van der Waals surface area (Å²) in [5.74, 6) is 0.212. The minimum Gasteiger partial charge on any atom is -0.475 e. The van der Waals surface area contributed by atoms with Crippen molar-refractivity contribution < 1.29 is 14.3 Å². The van der Waals surface area contributed by atoms with E-state index < -0.39 is 5.41 Å². The van der Waals surface area contributed by atoms with Crippen molar-refractivity contribution in [2.45, 2.75) is 46.1 Å². The monoisotopic (exact) mass is 500 g/mol. The Hall–Kier alpha value is -4.03. The lowest BCUT2D eigenvalue weighted by Gasteiger charge is -2.35. The summed E-state index contributed by atoms with van der Waals surface area (Å²) in [6, 6.07) is 13.4. The van der Waals surface area contributed by atoms with Crippen LogP contribution >= 0.6 is 0 Å². The fourth-order valence-corrected chi connectivity index (χ4v) is 4.18. The number of aryl methyl sites for hydroxylation is 1. The molecule has 0 radical (unpaired) electrons. The Kier molecular flexibility index (Phi) is 7.69. The van der Waals surface area contributed by atoms with E-state index >= 15 is 0 Å². The molecule has 192 valence electrons. The third kappa shape index (κ3) is 5.70. The summed E-state index contributed by atoms with van der Waals surface area (Å²) in [5, 5.41) is 21.2. The molecule has 1 fully saturated rings. The van der Waals surface area contributed by atoms with Crippen molar-refractivity contribution in [2.75, 3.05) is 36.6 Å². The number of ether oxygens (including phenoxy) is 2. The van der Waals surface area contributed by atoms with E-state index in [1.807, 2.05) is 38.1 Å². The predicted molar refractivity (Wildman–Crippen MR) is 142 cm³/mol. The third-order valence-electron chi connectivity index (χ3n) is 6.41. The number of aromatic nitrogens is 3. The smallest absolute Gasteiger partial charge is 0.257 e. The zero-order valence-corrected chi connectivity index (χ0v) is 21.9. The number of nitrogens with zero attached hydrogens (tertiary/aromatic N) is 5. The van der Waals surface area contributed by atoms with Gasteiger partial charge < -0.3 is 19.7 Å². The van der Waals surface area contributed by atoms with Gasteiger partial charge in [0.1, 0.15) is 5.69 Å². The van der Waals surface area contributed by atoms with E-state index in [-0.39, 0.29) is 11.9 Å². The van der Waals surface area contributed by atoms with Crippen molar-refractivity contribution in [3.8, 4) is 23.2 Å². The van der Waals surface area contributed by atoms with E-state index in [4.69, 9.17) is 9.47 Å². The maximum atomic E-state index is 13.0. The summed E-state index contributed by atoms with van der Waals surface area (Å²) in [6.07, 6.45) is 1.55. The third-order valence-corrected chi connectivity index (χ3v) is 6.41. The Labute approximate surface area is 217 Å². The molecule has 2 aromatic heterocycles. The number of nitrogens with one attached hydrogen (secondary N) is 1. The molecular formula is C28H32N6O3. The van der Waals surface area contributed by atoms with E-state index in [1.54, 1.807) is 32.2 Å². The second-order valence-corrected chi connectivity index (χ2v) is 9.62. The van der Waals surface area contributed by atoms with Gasteiger partial charge in [0.25, 0.3) is 11.8 Å². The molecular weight excluding hydrogens is 468 g/mol. The highest BCUT2D eigenvalue weighted by Crippen LogP contribution is 2.34. The van der Waals surface area contributed by atoms with Crippen molar-refractivity contribution in [2.24, 2.45) is 0 Å². The molecule has 3 aromatic rings. The van der Waals surface area contributed by atoms with Crippen LogP contribution < -0.4 is 15.0 Å². The van der Waals surface area contributed by atoms with Gasteiger partial charge in [-0.15, -0.1) is 10.2 Å². The maximum Gasteiger partial charge on any atom is 0.257 e. The number of hydrogen-bond donors (Lipinski definition) is 1. The van der Waals surface area contributed by atoms with Gasteiger partial charge in [-0.25, -0.2) is 0 Å². The van der Waals surface area contributed by atoms with Gasteiger partial charge in [-0.1, -0.05) is 6.07 Å². The Morgan fingerprint density at radius 3 is 2.81 bits per heavy atom. The molecule has 37 heavy (non-hydrogen) atoms. The Bertz CT molecular complexity index is 1330. The lowest BCUT2D eigenvalue weighted by molar-refractivity contribution is 0.0985. The molecule has 1 atom stereocenters. The molecule has 1 aliphatic heterocycles. The molecule has 3 heterocycles. The van der Waals surface area contributed by atoms with Crippen molar-refractivity contribution in [3.63, 3.8) is 0 Å². The minimum atomic E-state index is -0.796. The van der Waals surface area contributed by atoms with E-state index in [0.29, 0.717) is 48.3 Å². The van der Waals surface area contributed by atoms with E-state index in [2.05, 4.69) is 38.4 Å². The van der Waals surface area contributed by atoms with Gasteiger partial charge >= 0.3 is 0 Å². The number of anilines is 2. The van der Waals surface area contributed by atoms with E-state index in [0.717, 1.165) is 23.4 Å². The van der Waals surface area contributed by atoms with Crippen LogP contribution in [0.1, 0.15) is 49.3 Å². The Balaban J connectivity index is 1.64. The van der Waals surface area contributed by atoms with Crippen LogP contribution in [0.3, 0.4) is 0 Å². The summed E-state index contributed by atoms with van der Waals surface area (Å²) in [6.45, 7) is 12.1. The highest BCUT2D eigenvalue weighted by Gasteiger charge is 2.25. The van der Waals surface area contributed by atoms with Crippen LogP contribution in [0, 0.1) is 18.3 Å². The quantitative estimate of drug-likeness (QED) is 0.504. The molecule has 0 spiro atoms. The molecule has 0 bridgehead atoms. The first kappa shape index (κ1) is 26.0. The molecule has 1 amide bonds. The average molecular weight is 501 g/mol. The first-order valence-corrected chi connectivity index (χ1v) is 12.4. The fourth-order valence-electron chi connectivity index (χ4n) is 4.18. The number of rotatable bonds is 7. The molecule has 1 unspecified atom stereocenters. The van der Waals surface area contributed by atoms with Crippen LogP contribution in [-0.2, 0) is 10.2 Å². The highest BCUT2D eigenvalue weighted by molar-refractivity contribution is 6.04. The van der Waals surface area contributed by atoms with Gasteiger partial charge in [0, 0.05) is 35.6 Å². The van der Waals surface area contributed by atoms with Crippen LogP contribution in [0.15, 0.2) is 42.6 Å². The lowest BCUT2D eigenvalue weighted by atomic mass is 9.90. The predicted octanol–water partition coefficient (Wildman–Crippen LogP) is 4.52. The highest BCUT2D eigenvalue weighted by atomic mass is 16.5. The van der Waals surface area contributed by atoms with Crippen LogP contribution in [0.4, 0.5) is 11.4 Å². The minimum absolute atomic E-state index is 0.174. The van der Waals surface area contributed by atoms with Crippen molar-refractivity contribution in [3.05, 3.63) is 59.4 Å². The zero-order chi connectivity index (χ0) is 26.6.